The summed E-state index contributed by atoms with van der Waals surface area (Å²) in [7, 11) is 0. The maximum absolute atomic E-state index is 10.5. The SMILES string of the molecule is C=CCOc1ccc(/C=N/Nc2ccc([N+](=O)[O-])cn2)cc1I. The van der Waals surface area contributed by atoms with Crippen molar-refractivity contribution in [2.24, 2.45) is 5.10 Å². The molecule has 0 fully saturated rings. The molecule has 1 aromatic heterocycles. The van der Waals surface area contributed by atoms with Crippen molar-refractivity contribution in [1.82, 2.24) is 4.98 Å². The molecule has 0 spiro atoms. The van der Waals surface area contributed by atoms with Gasteiger partial charge < -0.3 is 4.74 Å². The van der Waals surface area contributed by atoms with Crippen LogP contribution in [-0.4, -0.2) is 22.7 Å². The number of rotatable bonds is 7. The molecule has 1 heterocycles. The first-order chi connectivity index (χ1) is 11.1. The Kier molecular flexibility index (Phi) is 6.03. The summed E-state index contributed by atoms with van der Waals surface area (Å²) in [5.41, 5.74) is 3.53. The van der Waals surface area contributed by atoms with Crippen molar-refractivity contribution in [2.75, 3.05) is 12.0 Å². The number of halogens is 1. The molecule has 2 rings (SSSR count). The maximum Gasteiger partial charge on any atom is 0.287 e. The molecule has 0 aliphatic heterocycles. The van der Waals surface area contributed by atoms with Crippen molar-refractivity contribution in [3.05, 3.63) is 68.4 Å². The molecule has 118 valence electrons. The molecule has 23 heavy (non-hydrogen) atoms. The van der Waals surface area contributed by atoms with Gasteiger partial charge in [-0.05, 0) is 52.4 Å². The highest BCUT2D eigenvalue weighted by molar-refractivity contribution is 14.1. The summed E-state index contributed by atoms with van der Waals surface area (Å²) in [5.74, 6) is 1.21. The summed E-state index contributed by atoms with van der Waals surface area (Å²) < 4.78 is 6.45. The Morgan fingerprint density at radius 2 is 2.26 bits per heavy atom. The summed E-state index contributed by atoms with van der Waals surface area (Å²) in [6.45, 7) is 4.06. The first-order valence-electron chi connectivity index (χ1n) is 6.53. The standard InChI is InChI=1S/C15H13IN4O3/c1-2-7-23-14-5-3-11(8-13(14)16)9-18-19-15-6-4-12(10-17-15)20(21)22/h2-6,8-10H,1,7H2,(H,17,19)/b18-9+. The zero-order valence-corrected chi connectivity index (χ0v) is 14.1. The summed E-state index contributed by atoms with van der Waals surface area (Å²) in [4.78, 5) is 13.9. The number of hydrogen-bond acceptors (Lipinski definition) is 6. The van der Waals surface area contributed by atoms with Crippen LogP contribution in [-0.2, 0) is 0 Å². The van der Waals surface area contributed by atoms with Crippen LogP contribution < -0.4 is 10.2 Å². The van der Waals surface area contributed by atoms with Crippen LogP contribution in [0.2, 0.25) is 0 Å². The quantitative estimate of drug-likeness (QED) is 0.241. The van der Waals surface area contributed by atoms with Gasteiger partial charge >= 0.3 is 0 Å². The van der Waals surface area contributed by atoms with Gasteiger partial charge in [-0.25, -0.2) is 4.98 Å². The second-order valence-electron chi connectivity index (χ2n) is 4.32. The number of nitrogens with one attached hydrogen (secondary N) is 1. The van der Waals surface area contributed by atoms with Gasteiger partial charge in [0.2, 0.25) is 0 Å². The highest BCUT2D eigenvalue weighted by atomic mass is 127. The molecule has 0 bridgehead atoms. The predicted molar refractivity (Wildman–Crippen MR) is 97.0 cm³/mol. The zero-order chi connectivity index (χ0) is 16.7. The van der Waals surface area contributed by atoms with E-state index in [0.29, 0.717) is 12.4 Å². The Hall–Kier alpha value is -2.49. The lowest BCUT2D eigenvalue weighted by Crippen LogP contribution is -1.97. The third-order valence-corrected chi connectivity index (χ3v) is 3.51. The molecule has 0 radical (unpaired) electrons. The summed E-state index contributed by atoms with van der Waals surface area (Å²) in [5, 5.41) is 14.6. The average molecular weight is 424 g/mol. The minimum atomic E-state index is -0.502. The van der Waals surface area contributed by atoms with Crippen molar-refractivity contribution in [1.29, 1.82) is 0 Å². The van der Waals surface area contributed by atoms with Gasteiger partial charge in [0.15, 0.2) is 0 Å². The second kappa shape index (κ2) is 8.22. The molecule has 0 amide bonds. The highest BCUT2D eigenvalue weighted by Gasteiger charge is 2.04. The van der Waals surface area contributed by atoms with Gasteiger partial charge in [-0.2, -0.15) is 5.10 Å². The van der Waals surface area contributed by atoms with Gasteiger partial charge in [0.1, 0.15) is 24.4 Å². The lowest BCUT2D eigenvalue weighted by Gasteiger charge is -2.06. The molecule has 8 heteroatoms. The summed E-state index contributed by atoms with van der Waals surface area (Å²) in [6, 6.07) is 8.50. The van der Waals surface area contributed by atoms with Gasteiger partial charge in [-0.15, -0.1) is 0 Å². The fourth-order valence-corrected chi connectivity index (χ4v) is 2.29. The van der Waals surface area contributed by atoms with E-state index in [1.807, 2.05) is 18.2 Å². The van der Waals surface area contributed by atoms with Gasteiger partial charge in [0.05, 0.1) is 14.7 Å². The fourth-order valence-electron chi connectivity index (χ4n) is 1.60. The van der Waals surface area contributed by atoms with Crippen LogP contribution >= 0.6 is 22.6 Å². The number of hydrazone groups is 1. The van der Waals surface area contributed by atoms with Gasteiger partial charge in [0.25, 0.3) is 5.69 Å². The Balaban J connectivity index is 1.98. The number of aromatic nitrogens is 1. The molecule has 0 atom stereocenters. The summed E-state index contributed by atoms with van der Waals surface area (Å²) >= 11 is 2.18. The van der Waals surface area contributed by atoms with E-state index in [4.69, 9.17) is 4.74 Å². The molecule has 0 saturated heterocycles. The molecule has 0 unspecified atom stereocenters. The molecule has 7 nitrogen and oxygen atoms in total. The molecular weight excluding hydrogens is 411 g/mol. The monoisotopic (exact) mass is 424 g/mol. The molecule has 1 N–H and O–H groups in total. The maximum atomic E-state index is 10.5. The van der Waals surface area contributed by atoms with Crippen LogP contribution in [0, 0.1) is 13.7 Å². The second-order valence-corrected chi connectivity index (χ2v) is 5.48. The number of benzene rings is 1. The van der Waals surface area contributed by atoms with Crippen molar-refractivity contribution in [3.8, 4) is 5.75 Å². The minimum Gasteiger partial charge on any atom is -0.488 e. The smallest absolute Gasteiger partial charge is 0.287 e. The Bertz CT molecular complexity index is 732. The van der Waals surface area contributed by atoms with Crippen molar-refractivity contribution in [2.45, 2.75) is 0 Å². The third kappa shape index (κ3) is 5.02. The van der Waals surface area contributed by atoms with E-state index in [2.05, 4.69) is 44.7 Å². The molecule has 1 aromatic carbocycles. The normalized spacial score (nSPS) is 10.5. The van der Waals surface area contributed by atoms with Crippen molar-refractivity contribution < 1.29 is 9.66 Å². The van der Waals surface area contributed by atoms with Crippen molar-refractivity contribution in [3.63, 3.8) is 0 Å². The average Bonchev–Trinajstić information content (AvgIpc) is 2.54. The number of nitrogens with zero attached hydrogens (tertiary/aromatic N) is 3. The molecular formula is C15H13IN4O3. The lowest BCUT2D eigenvalue weighted by atomic mass is 10.2. The van der Waals surface area contributed by atoms with Gasteiger partial charge in [-0.1, -0.05) is 12.7 Å². The van der Waals surface area contributed by atoms with Crippen LogP contribution in [0.5, 0.6) is 5.75 Å². The van der Waals surface area contributed by atoms with E-state index in [0.717, 1.165) is 14.9 Å². The van der Waals surface area contributed by atoms with Crippen LogP contribution in [0.3, 0.4) is 0 Å². The number of hydrogen-bond donors (Lipinski definition) is 1. The fraction of sp³-hybridized carbons (Fsp3) is 0.0667. The Morgan fingerprint density at radius 1 is 1.43 bits per heavy atom. The molecule has 0 aliphatic rings. The molecule has 0 aliphatic carbocycles. The topological polar surface area (TPSA) is 89.6 Å². The first-order valence-corrected chi connectivity index (χ1v) is 7.61. The first kappa shape index (κ1) is 16.9. The van der Waals surface area contributed by atoms with E-state index in [-0.39, 0.29) is 5.69 Å². The van der Waals surface area contributed by atoms with Gasteiger partial charge in [0, 0.05) is 6.07 Å². The number of nitro groups is 1. The van der Waals surface area contributed by atoms with Crippen LogP contribution in [0.25, 0.3) is 0 Å². The van der Waals surface area contributed by atoms with E-state index in [1.54, 1.807) is 12.3 Å². The molecule has 2 aromatic rings. The zero-order valence-electron chi connectivity index (χ0n) is 12.0. The number of ether oxygens (including phenoxy) is 1. The van der Waals surface area contributed by atoms with Crippen LogP contribution in [0.4, 0.5) is 11.5 Å². The number of anilines is 1. The Morgan fingerprint density at radius 3 is 2.87 bits per heavy atom. The predicted octanol–water partition coefficient (Wildman–Crippen LogP) is 3.61. The largest absolute Gasteiger partial charge is 0.488 e. The minimum absolute atomic E-state index is 0.0656. The summed E-state index contributed by atoms with van der Waals surface area (Å²) in [6.07, 6.45) is 4.49. The number of pyridine rings is 1. The van der Waals surface area contributed by atoms with Crippen LogP contribution in [0.15, 0.2) is 54.3 Å². The van der Waals surface area contributed by atoms with E-state index in [9.17, 15) is 10.1 Å². The van der Waals surface area contributed by atoms with E-state index in [1.165, 1.54) is 18.3 Å². The van der Waals surface area contributed by atoms with E-state index < -0.39 is 4.92 Å². The van der Waals surface area contributed by atoms with E-state index >= 15 is 0 Å². The third-order valence-electron chi connectivity index (χ3n) is 2.66. The van der Waals surface area contributed by atoms with Gasteiger partial charge in [-0.3, -0.25) is 15.5 Å². The highest BCUT2D eigenvalue weighted by Crippen LogP contribution is 2.21. The molecule has 0 saturated carbocycles. The Labute approximate surface area is 146 Å². The van der Waals surface area contributed by atoms with Crippen LogP contribution in [0.1, 0.15) is 5.56 Å². The lowest BCUT2D eigenvalue weighted by molar-refractivity contribution is -0.385. The van der Waals surface area contributed by atoms with Crippen molar-refractivity contribution >= 4 is 40.3 Å².